The van der Waals surface area contributed by atoms with Crippen LogP contribution >= 0.6 is 0 Å². The van der Waals surface area contributed by atoms with Gasteiger partial charge in [-0.1, -0.05) is 78.1 Å². The van der Waals surface area contributed by atoms with Gasteiger partial charge in [-0.25, -0.2) is 0 Å². The monoisotopic (exact) mass is 400 g/mol. The fourth-order valence-corrected chi connectivity index (χ4v) is 3.22. The van der Waals surface area contributed by atoms with Crippen LogP contribution in [-0.4, -0.2) is 56.8 Å². The summed E-state index contributed by atoms with van der Waals surface area (Å²) in [6, 6.07) is 0. The summed E-state index contributed by atoms with van der Waals surface area (Å²) in [5, 5.41) is 0. The zero-order valence-corrected chi connectivity index (χ0v) is 19.3. The van der Waals surface area contributed by atoms with Crippen LogP contribution in [0.15, 0.2) is 0 Å². The summed E-state index contributed by atoms with van der Waals surface area (Å²) >= 11 is 0. The van der Waals surface area contributed by atoms with Crippen molar-refractivity contribution in [1.29, 1.82) is 0 Å². The quantitative estimate of drug-likeness (QED) is 0.179. The molecule has 0 radical (unpaired) electrons. The normalized spacial score (nSPS) is 12.6. The molecule has 0 aromatic carbocycles. The van der Waals surface area contributed by atoms with Crippen molar-refractivity contribution < 1.29 is 23.5 Å². The van der Waals surface area contributed by atoms with Gasteiger partial charge in [0.1, 0.15) is 6.54 Å². The molecule has 0 bridgehead atoms. The molecule has 0 unspecified atom stereocenters. The number of ether oxygens (including phenoxy) is 2. The van der Waals surface area contributed by atoms with Gasteiger partial charge in [-0.05, 0) is 6.42 Å². The SMILES string of the molecule is CCCCCCCCCCCCCOC(=O)C[C@H](C[N+](C)(C)C)OC(=O)CC. The highest BCUT2D eigenvalue weighted by Crippen LogP contribution is 2.12. The van der Waals surface area contributed by atoms with E-state index in [0.717, 1.165) is 12.8 Å². The molecule has 0 aliphatic rings. The highest BCUT2D eigenvalue weighted by atomic mass is 16.6. The number of quaternary nitrogens is 1. The van der Waals surface area contributed by atoms with E-state index in [1.165, 1.54) is 57.8 Å². The number of rotatable bonds is 18. The number of carbonyl (C=O) groups is 2. The van der Waals surface area contributed by atoms with Crippen LogP contribution in [0.25, 0.3) is 0 Å². The fraction of sp³-hybridized carbons (Fsp3) is 0.913. The Hall–Kier alpha value is -1.10. The average molecular weight is 401 g/mol. The van der Waals surface area contributed by atoms with Crippen molar-refractivity contribution in [3.8, 4) is 0 Å². The lowest BCUT2D eigenvalue weighted by atomic mass is 10.1. The fourth-order valence-electron chi connectivity index (χ4n) is 3.22. The molecule has 1 atom stereocenters. The van der Waals surface area contributed by atoms with Crippen LogP contribution in [0.1, 0.15) is 97.3 Å². The second kappa shape index (κ2) is 16.8. The van der Waals surface area contributed by atoms with E-state index in [2.05, 4.69) is 6.92 Å². The molecule has 0 rings (SSSR count). The molecular weight excluding hydrogens is 354 g/mol. The van der Waals surface area contributed by atoms with Gasteiger partial charge in [0, 0.05) is 6.42 Å². The van der Waals surface area contributed by atoms with Gasteiger partial charge in [0.2, 0.25) is 0 Å². The first-order valence-corrected chi connectivity index (χ1v) is 11.4. The Labute approximate surface area is 173 Å². The Bertz CT molecular complexity index is 404. The first-order valence-electron chi connectivity index (χ1n) is 11.4. The van der Waals surface area contributed by atoms with E-state index in [9.17, 15) is 9.59 Å². The van der Waals surface area contributed by atoms with Crippen LogP contribution in [0.5, 0.6) is 0 Å². The maximum Gasteiger partial charge on any atom is 0.309 e. The molecule has 0 N–H and O–H groups in total. The van der Waals surface area contributed by atoms with E-state index in [1.807, 2.05) is 21.1 Å². The van der Waals surface area contributed by atoms with Crippen molar-refractivity contribution in [3.05, 3.63) is 0 Å². The van der Waals surface area contributed by atoms with Gasteiger partial charge in [-0.3, -0.25) is 9.59 Å². The lowest BCUT2D eigenvalue weighted by Crippen LogP contribution is -2.44. The van der Waals surface area contributed by atoms with Gasteiger partial charge < -0.3 is 14.0 Å². The van der Waals surface area contributed by atoms with E-state index < -0.39 is 6.10 Å². The van der Waals surface area contributed by atoms with Crippen molar-refractivity contribution >= 4 is 11.9 Å². The molecule has 0 heterocycles. The first-order chi connectivity index (χ1) is 13.3. The minimum absolute atomic E-state index is 0.138. The predicted molar refractivity (Wildman–Crippen MR) is 115 cm³/mol. The van der Waals surface area contributed by atoms with Crippen molar-refractivity contribution in [2.75, 3.05) is 34.3 Å². The predicted octanol–water partition coefficient (Wildman–Crippen LogP) is 5.26. The third kappa shape index (κ3) is 18.3. The Balaban J connectivity index is 3.76. The summed E-state index contributed by atoms with van der Waals surface area (Å²) in [5.74, 6) is -0.536. The molecule has 0 aromatic heterocycles. The number of unbranched alkanes of at least 4 members (excludes halogenated alkanes) is 10. The van der Waals surface area contributed by atoms with Crippen LogP contribution in [-0.2, 0) is 19.1 Å². The summed E-state index contributed by atoms with van der Waals surface area (Å²) in [4.78, 5) is 23.7. The largest absolute Gasteiger partial charge is 0.466 e. The molecule has 0 aromatic rings. The lowest BCUT2D eigenvalue weighted by Gasteiger charge is -2.28. The second-order valence-electron chi connectivity index (χ2n) is 8.90. The molecule has 0 amide bonds. The number of carbonyl (C=O) groups excluding carboxylic acids is 2. The number of likely N-dealkylation sites (N-methyl/N-ethyl adjacent to an activating group) is 1. The van der Waals surface area contributed by atoms with Crippen molar-refractivity contribution in [2.45, 2.75) is 103 Å². The molecular formula is C23H46NO4+. The second-order valence-corrected chi connectivity index (χ2v) is 8.90. The zero-order chi connectivity index (χ0) is 21.3. The van der Waals surface area contributed by atoms with Crippen molar-refractivity contribution in [3.63, 3.8) is 0 Å². The van der Waals surface area contributed by atoms with Gasteiger partial charge >= 0.3 is 11.9 Å². The van der Waals surface area contributed by atoms with Gasteiger partial charge in [0.25, 0.3) is 0 Å². The van der Waals surface area contributed by atoms with Crippen LogP contribution in [0.4, 0.5) is 0 Å². The number of esters is 2. The minimum atomic E-state index is -0.419. The highest BCUT2D eigenvalue weighted by Gasteiger charge is 2.25. The molecule has 166 valence electrons. The number of hydrogen-bond acceptors (Lipinski definition) is 4. The summed E-state index contributed by atoms with van der Waals surface area (Å²) in [7, 11) is 6.05. The van der Waals surface area contributed by atoms with Gasteiger partial charge in [0.15, 0.2) is 6.10 Å². The Morgan fingerprint density at radius 3 is 1.71 bits per heavy atom. The van der Waals surface area contributed by atoms with E-state index in [-0.39, 0.29) is 18.4 Å². The molecule has 5 nitrogen and oxygen atoms in total. The van der Waals surface area contributed by atoms with Gasteiger partial charge in [0.05, 0.1) is 34.2 Å². The maximum atomic E-state index is 12.1. The summed E-state index contributed by atoms with van der Waals surface area (Å²) < 4.78 is 11.4. The molecule has 28 heavy (non-hydrogen) atoms. The average Bonchev–Trinajstić information content (AvgIpc) is 2.61. The van der Waals surface area contributed by atoms with Crippen LogP contribution in [0, 0.1) is 0 Å². The Kier molecular flexibility index (Phi) is 16.2. The Morgan fingerprint density at radius 2 is 1.25 bits per heavy atom. The summed E-state index contributed by atoms with van der Waals surface area (Å²) in [6.07, 6.45) is 14.0. The number of nitrogens with zero attached hydrogens (tertiary/aromatic N) is 1. The molecule has 0 saturated carbocycles. The topological polar surface area (TPSA) is 52.6 Å². The van der Waals surface area contributed by atoms with Gasteiger partial charge in [-0.15, -0.1) is 0 Å². The van der Waals surface area contributed by atoms with Crippen molar-refractivity contribution in [1.82, 2.24) is 0 Å². The minimum Gasteiger partial charge on any atom is -0.466 e. The molecule has 5 heteroatoms. The zero-order valence-electron chi connectivity index (χ0n) is 19.3. The summed E-state index contributed by atoms with van der Waals surface area (Å²) in [5.41, 5.74) is 0. The lowest BCUT2D eigenvalue weighted by molar-refractivity contribution is -0.873. The maximum absolute atomic E-state index is 12.1. The van der Waals surface area contributed by atoms with E-state index in [0.29, 0.717) is 24.1 Å². The molecule has 0 saturated heterocycles. The molecule has 0 aliphatic heterocycles. The Morgan fingerprint density at radius 1 is 0.750 bits per heavy atom. The third-order valence-electron chi connectivity index (χ3n) is 4.74. The van der Waals surface area contributed by atoms with E-state index >= 15 is 0 Å². The van der Waals surface area contributed by atoms with Crippen LogP contribution < -0.4 is 0 Å². The standard InChI is InChI=1S/C23H46NO4/c1-6-8-9-10-11-12-13-14-15-16-17-18-27-23(26)19-21(20-24(3,4)5)28-22(25)7-2/h21H,6-20H2,1-5H3/q+1/t21-/m1/s1. The van der Waals surface area contributed by atoms with Crippen LogP contribution in [0.2, 0.25) is 0 Å². The van der Waals surface area contributed by atoms with Gasteiger partial charge in [-0.2, -0.15) is 0 Å². The highest BCUT2D eigenvalue weighted by molar-refractivity contribution is 5.72. The van der Waals surface area contributed by atoms with E-state index in [4.69, 9.17) is 9.47 Å². The third-order valence-corrected chi connectivity index (χ3v) is 4.74. The van der Waals surface area contributed by atoms with Crippen LogP contribution in [0.3, 0.4) is 0 Å². The molecule has 0 spiro atoms. The molecule has 0 aliphatic carbocycles. The smallest absolute Gasteiger partial charge is 0.309 e. The number of hydrogen-bond donors (Lipinski definition) is 0. The van der Waals surface area contributed by atoms with Crippen molar-refractivity contribution in [2.24, 2.45) is 0 Å². The summed E-state index contributed by atoms with van der Waals surface area (Å²) in [6.45, 7) is 5.08. The first kappa shape index (κ1) is 26.9. The van der Waals surface area contributed by atoms with E-state index in [1.54, 1.807) is 6.92 Å². The molecule has 0 fully saturated rings.